The molecule has 0 atom stereocenters. The maximum atomic E-state index is 12.8. The molecule has 2 aromatic rings. The smallest absolute Gasteiger partial charge is 0.387 e. The number of likely N-dealkylation sites (tertiary alicyclic amines) is 1. The van der Waals surface area contributed by atoms with E-state index < -0.39 is 12.5 Å². The number of methoxy groups -OCH3 is 1. The molecule has 1 N–H and O–H groups in total. The van der Waals surface area contributed by atoms with Crippen molar-refractivity contribution in [2.75, 3.05) is 25.5 Å². The molecule has 0 spiro atoms. The standard InChI is InChI=1S/C23H24F2N2O4/c1-15-17(22(29)27-13-3-4-14-27)8-6-9-18(15)26-20(28)12-11-16-7-5-10-19(30-2)21(16)31-23(24)25/h5-12,23H,3-4,13-14H2,1-2H3,(H,26,28)/b12-11+. The highest BCUT2D eigenvalue weighted by Crippen LogP contribution is 2.33. The van der Waals surface area contributed by atoms with E-state index in [2.05, 4.69) is 10.1 Å². The Morgan fingerprint density at radius 2 is 1.84 bits per heavy atom. The van der Waals surface area contributed by atoms with E-state index in [0.717, 1.165) is 25.9 Å². The molecule has 1 fully saturated rings. The van der Waals surface area contributed by atoms with Crippen LogP contribution in [0.5, 0.6) is 11.5 Å². The molecule has 0 saturated carbocycles. The van der Waals surface area contributed by atoms with Crippen LogP contribution in [-0.4, -0.2) is 43.5 Å². The molecule has 0 aromatic heterocycles. The van der Waals surface area contributed by atoms with Crippen LogP contribution in [-0.2, 0) is 4.79 Å². The first-order valence-electron chi connectivity index (χ1n) is 9.90. The van der Waals surface area contributed by atoms with E-state index in [0.29, 0.717) is 16.8 Å². The minimum atomic E-state index is -3.03. The maximum absolute atomic E-state index is 12.8. The first-order valence-corrected chi connectivity index (χ1v) is 9.90. The van der Waals surface area contributed by atoms with Crippen LogP contribution in [0.25, 0.3) is 6.08 Å². The summed E-state index contributed by atoms with van der Waals surface area (Å²) in [5.41, 5.74) is 1.99. The quantitative estimate of drug-likeness (QED) is 0.657. The molecule has 8 heteroatoms. The van der Waals surface area contributed by atoms with Crippen LogP contribution in [0.4, 0.5) is 14.5 Å². The molecule has 2 aromatic carbocycles. The van der Waals surface area contributed by atoms with Crippen LogP contribution in [0.15, 0.2) is 42.5 Å². The van der Waals surface area contributed by atoms with E-state index in [-0.39, 0.29) is 23.0 Å². The molecule has 1 heterocycles. The Bertz CT molecular complexity index is 986. The minimum Gasteiger partial charge on any atom is -0.493 e. The second-order valence-corrected chi connectivity index (χ2v) is 7.06. The predicted octanol–water partition coefficient (Wildman–Crippen LogP) is 4.49. The molecule has 1 aliphatic heterocycles. The number of carbonyl (C=O) groups excluding carboxylic acids is 2. The number of halogens is 2. The topological polar surface area (TPSA) is 67.9 Å². The first-order chi connectivity index (χ1) is 14.9. The lowest BCUT2D eigenvalue weighted by atomic mass is 10.1. The predicted molar refractivity (Wildman–Crippen MR) is 114 cm³/mol. The van der Waals surface area contributed by atoms with Crippen LogP contribution in [0.3, 0.4) is 0 Å². The number of benzene rings is 2. The number of rotatable bonds is 7. The Hall–Kier alpha value is -3.42. The summed E-state index contributed by atoms with van der Waals surface area (Å²) in [4.78, 5) is 27.0. The lowest BCUT2D eigenvalue weighted by Gasteiger charge is -2.18. The Balaban J connectivity index is 1.76. The number of ether oxygens (including phenoxy) is 2. The number of para-hydroxylation sites is 1. The zero-order valence-electron chi connectivity index (χ0n) is 17.4. The van der Waals surface area contributed by atoms with Crippen molar-refractivity contribution in [1.29, 1.82) is 0 Å². The normalized spacial score (nSPS) is 13.6. The lowest BCUT2D eigenvalue weighted by molar-refractivity contribution is -0.111. The third kappa shape index (κ3) is 5.39. The average molecular weight is 430 g/mol. The van der Waals surface area contributed by atoms with Crippen molar-refractivity contribution in [2.24, 2.45) is 0 Å². The van der Waals surface area contributed by atoms with Crippen molar-refractivity contribution in [3.63, 3.8) is 0 Å². The summed E-state index contributed by atoms with van der Waals surface area (Å²) in [6.45, 7) is 0.220. The van der Waals surface area contributed by atoms with Gasteiger partial charge in [0.05, 0.1) is 7.11 Å². The number of alkyl halides is 2. The second kappa shape index (κ2) is 10.1. The van der Waals surface area contributed by atoms with Gasteiger partial charge in [-0.2, -0.15) is 8.78 Å². The Kier molecular flexibility index (Phi) is 7.23. The monoisotopic (exact) mass is 430 g/mol. The fourth-order valence-corrected chi connectivity index (χ4v) is 3.47. The molecule has 1 aliphatic rings. The van der Waals surface area contributed by atoms with Crippen molar-refractivity contribution in [1.82, 2.24) is 4.90 Å². The van der Waals surface area contributed by atoms with Gasteiger partial charge >= 0.3 is 6.61 Å². The highest BCUT2D eigenvalue weighted by Gasteiger charge is 2.22. The van der Waals surface area contributed by atoms with Crippen molar-refractivity contribution < 1.29 is 27.8 Å². The average Bonchev–Trinajstić information content (AvgIpc) is 3.28. The van der Waals surface area contributed by atoms with Gasteiger partial charge < -0.3 is 19.7 Å². The number of amides is 2. The van der Waals surface area contributed by atoms with Crippen molar-refractivity contribution in [3.8, 4) is 11.5 Å². The molecule has 31 heavy (non-hydrogen) atoms. The molecule has 0 bridgehead atoms. The van der Waals surface area contributed by atoms with E-state index in [9.17, 15) is 18.4 Å². The van der Waals surface area contributed by atoms with Gasteiger partial charge in [-0.1, -0.05) is 18.2 Å². The van der Waals surface area contributed by atoms with Crippen LogP contribution in [0.2, 0.25) is 0 Å². The van der Waals surface area contributed by atoms with Gasteiger partial charge in [0.25, 0.3) is 5.91 Å². The highest BCUT2D eigenvalue weighted by atomic mass is 19.3. The zero-order valence-corrected chi connectivity index (χ0v) is 17.4. The second-order valence-electron chi connectivity index (χ2n) is 7.06. The first kappa shape index (κ1) is 22.3. The molecular weight excluding hydrogens is 406 g/mol. The number of nitrogens with zero attached hydrogens (tertiary/aromatic N) is 1. The lowest BCUT2D eigenvalue weighted by Crippen LogP contribution is -2.28. The molecule has 3 rings (SSSR count). The summed E-state index contributed by atoms with van der Waals surface area (Å²) in [6.07, 6.45) is 4.56. The SMILES string of the molecule is COc1cccc(/C=C/C(=O)Nc2cccc(C(=O)N3CCCC3)c2C)c1OC(F)F. The van der Waals surface area contributed by atoms with Gasteiger partial charge in [-0.25, -0.2) is 0 Å². The molecule has 0 radical (unpaired) electrons. The Morgan fingerprint density at radius 3 is 2.52 bits per heavy atom. The summed E-state index contributed by atoms with van der Waals surface area (Å²) >= 11 is 0. The molecule has 164 valence electrons. The maximum Gasteiger partial charge on any atom is 0.387 e. The Labute approximate surface area is 179 Å². The van der Waals surface area contributed by atoms with Crippen molar-refractivity contribution in [3.05, 3.63) is 59.2 Å². The fraction of sp³-hybridized carbons (Fsp3) is 0.304. The van der Waals surface area contributed by atoms with Gasteiger partial charge in [0.15, 0.2) is 11.5 Å². The number of carbonyl (C=O) groups is 2. The summed E-state index contributed by atoms with van der Waals surface area (Å²) in [5.74, 6) is -0.545. The van der Waals surface area contributed by atoms with E-state index in [1.165, 1.54) is 31.4 Å². The van der Waals surface area contributed by atoms with Gasteiger partial charge in [-0.3, -0.25) is 9.59 Å². The van der Waals surface area contributed by atoms with Gasteiger partial charge in [0, 0.05) is 36.0 Å². The van der Waals surface area contributed by atoms with Crippen LogP contribution >= 0.6 is 0 Å². The molecule has 0 aliphatic carbocycles. The van der Waals surface area contributed by atoms with Gasteiger partial charge in [-0.05, 0) is 49.6 Å². The minimum absolute atomic E-state index is 0.0492. The molecule has 2 amide bonds. The van der Waals surface area contributed by atoms with Gasteiger partial charge in [0.2, 0.25) is 5.91 Å². The van der Waals surface area contributed by atoms with E-state index in [1.807, 2.05) is 0 Å². The van der Waals surface area contributed by atoms with Gasteiger partial charge in [0.1, 0.15) is 0 Å². The summed E-state index contributed by atoms with van der Waals surface area (Å²) in [5, 5.41) is 2.74. The van der Waals surface area contributed by atoms with Gasteiger partial charge in [-0.15, -0.1) is 0 Å². The van der Waals surface area contributed by atoms with E-state index in [4.69, 9.17) is 4.74 Å². The molecular formula is C23H24F2N2O4. The molecule has 6 nitrogen and oxygen atoms in total. The van der Waals surface area contributed by atoms with Crippen LogP contribution in [0, 0.1) is 6.92 Å². The van der Waals surface area contributed by atoms with Crippen LogP contribution < -0.4 is 14.8 Å². The number of hydrogen-bond donors (Lipinski definition) is 1. The number of anilines is 1. The zero-order chi connectivity index (χ0) is 22.4. The third-order valence-corrected chi connectivity index (χ3v) is 5.07. The van der Waals surface area contributed by atoms with Crippen molar-refractivity contribution in [2.45, 2.75) is 26.4 Å². The summed E-state index contributed by atoms with van der Waals surface area (Å²) < 4.78 is 35.1. The summed E-state index contributed by atoms with van der Waals surface area (Å²) in [7, 11) is 1.34. The number of nitrogens with one attached hydrogen (secondary N) is 1. The van der Waals surface area contributed by atoms with E-state index in [1.54, 1.807) is 36.1 Å². The fourth-order valence-electron chi connectivity index (χ4n) is 3.47. The van der Waals surface area contributed by atoms with Crippen molar-refractivity contribution >= 4 is 23.6 Å². The molecule has 1 saturated heterocycles. The Morgan fingerprint density at radius 1 is 1.13 bits per heavy atom. The largest absolute Gasteiger partial charge is 0.493 e. The van der Waals surface area contributed by atoms with E-state index >= 15 is 0 Å². The molecule has 0 unspecified atom stereocenters. The summed E-state index contributed by atoms with van der Waals surface area (Å²) in [6, 6.07) is 9.79. The highest BCUT2D eigenvalue weighted by molar-refractivity contribution is 6.04. The third-order valence-electron chi connectivity index (χ3n) is 5.07. The van der Waals surface area contributed by atoms with Crippen LogP contribution in [0.1, 0.15) is 34.3 Å². The number of hydrogen-bond acceptors (Lipinski definition) is 4.